The maximum absolute atomic E-state index is 12.5. The largest absolute Gasteiger partial charge is 0.493 e. The van der Waals surface area contributed by atoms with E-state index in [0.717, 1.165) is 25.7 Å². The Labute approximate surface area is 126 Å². The summed E-state index contributed by atoms with van der Waals surface area (Å²) in [6.07, 6.45) is 5.34. The number of aliphatic hydroxyl groups is 1. The van der Waals surface area contributed by atoms with Crippen molar-refractivity contribution in [3.8, 4) is 5.75 Å². The van der Waals surface area contributed by atoms with Gasteiger partial charge in [-0.1, -0.05) is 31.4 Å². The van der Waals surface area contributed by atoms with Crippen LogP contribution in [0.2, 0.25) is 0 Å². The summed E-state index contributed by atoms with van der Waals surface area (Å²) in [4.78, 5) is 12.5. The summed E-state index contributed by atoms with van der Waals surface area (Å²) in [7, 11) is 0. The van der Waals surface area contributed by atoms with Gasteiger partial charge in [0.1, 0.15) is 5.75 Å². The van der Waals surface area contributed by atoms with Crippen LogP contribution in [0.5, 0.6) is 5.75 Å². The molecule has 0 spiro atoms. The van der Waals surface area contributed by atoms with E-state index in [9.17, 15) is 9.90 Å². The van der Waals surface area contributed by atoms with Crippen LogP contribution in [0, 0.1) is 5.92 Å². The smallest absolute Gasteiger partial charge is 0.255 e. The molecule has 4 heteroatoms. The van der Waals surface area contributed by atoms with Gasteiger partial charge < -0.3 is 15.2 Å². The number of rotatable bonds is 5. The van der Waals surface area contributed by atoms with Crippen molar-refractivity contribution in [2.45, 2.75) is 45.1 Å². The van der Waals surface area contributed by atoms with Crippen molar-refractivity contribution in [1.29, 1.82) is 0 Å². The summed E-state index contributed by atoms with van der Waals surface area (Å²) < 4.78 is 5.51. The topological polar surface area (TPSA) is 58.6 Å². The fourth-order valence-electron chi connectivity index (χ4n) is 2.97. The molecule has 0 radical (unpaired) electrons. The van der Waals surface area contributed by atoms with Crippen molar-refractivity contribution in [1.82, 2.24) is 5.32 Å². The molecule has 2 unspecified atom stereocenters. The third kappa shape index (κ3) is 4.21. The van der Waals surface area contributed by atoms with E-state index in [1.807, 2.05) is 25.1 Å². The van der Waals surface area contributed by atoms with Gasteiger partial charge in [0.25, 0.3) is 5.91 Å². The molecule has 1 saturated carbocycles. The molecule has 1 fully saturated rings. The van der Waals surface area contributed by atoms with Gasteiger partial charge in [0.2, 0.25) is 0 Å². The van der Waals surface area contributed by atoms with Gasteiger partial charge in [-0.15, -0.1) is 0 Å². The summed E-state index contributed by atoms with van der Waals surface area (Å²) in [6, 6.07) is 7.36. The Morgan fingerprint density at radius 1 is 1.29 bits per heavy atom. The van der Waals surface area contributed by atoms with E-state index >= 15 is 0 Å². The maximum Gasteiger partial charge on any atom is 0.255 e. The number of hydrogen-bond acceptors (Lipinski definition) is 3. The zero-order chi connectivity index (χ0) is 15.1. The van der Waals surface area contributed by atoms with Crippen LogP contribution in [0.1, 0.15) is 49.4 Å². The van der Waals surface area contributed by atoms with E-state index in [1.165, 1.54) is 6.42 Å². The molecular weight excluding hydrogens is 266 g/mol. The molecule has 0 aromatic heterocycles. The van der Waals surface area contributed by atoms with Crippen molar-refractivity contribution in [2.75, 3.05) is 13.2 Å². The number of carbonyl (C=O) groups excluding carboxylic acids is 1. The lowest BCUT2D eigenvalue weighted by molar-refractivity contribution is 0.0896. The van der Waals surface area contributed by atoms with Crippen LogP contribution in [0.3, 0.4) is 0 Å². The SMILES string of the molecule is CCOc1ccccc1C(=O)NC1CCCCCC1CO. The van der Waals surface area contributed by atoms with Crippen LogP contribution in [0.4, 0.5) is 0 Å². The van der Waals surface area contributed by atoms with Gasteiger partial charge in [0, 0.05) is 18.6 Å². The second-order valence-electron chi connectivity index (χ2n) is 5.59. The zero-order valence-electron chi connectivity index (χ0n) is 12.7. The van der Waals surface area contributed by atoms with Crippen LogP contribution >= 0.6 is 0 Å². The van der Waals surface area contributed by atoms with Crippen LogP contribution in [0.15, 0.2) is 24.3 Å². The quantitative estimate of drug-likeness (QED) is 0.820. The van der Waals surface area contributed by atoms with Gasteiger partial charge in [-0.3, -0.25) is 4.79 Å². The normalized spacial score (nSPS) is 22.4. The first kappa shape index (κ1) is 15.8. The first-order valence-corrected chi connectivity index (χ1v) is 7.89. The highest BCUT2D eigenvalue weighted by atomic mass is 16.5. The minimum Gasteiger partial charge on any atom is -0.493 e. The molecule has 0 aliphatic heterocycles. The molecule has 1 aromatic rings. The van der Waals surface area contributed by atoms with Gasteiger partial charge in [0.05, 0.1) is 12.2 Å². The summed E-state index contributed by atoms with van der Waals surface area (Å²) in [6.45, 7) is 2.58. The van der Waals surface area contributed by atoms with Crippen molar-refractivity contribution >= 4 is 5.91 Å². The second-order valence-corrected chi connectivity index (χ2v) is 5.59. The standard InChI is InChI=1S/C17H25NO3/c1-2-21-16-11-7-6-9-14(16)17(20)18-15-10-5-3-4-8-13(15)12-19/h6-7,9,11,13,15,19H,2-5,8,10,12H2,1H3,(H,18,20). The molecule has 116 valence electrons. The van der Waals surface area contributed by atoms with Crippen molar-refractivity contribution in [3.63, 3.8) is 0 Å². The predicted molar refractivity (Wildman–Crippen MR) is 82.5 cm³/mol. The van der Waals surface area contributed by atoms with Crippen molar-refractivity contribution in [3.05, 3.63) is 29.8 Å². The van der Waals surface area contributed by atoms with Gasteiger partial charge in [-0.05, 0) is 31.9 Å². The molecule has 1 amide bonds. The van der Waals surface area contributed by atoms with Crippen molar-refractivity contribution in [2.24, 2.45) is 5.92 Å². The Bertz CT molecular complexity index is 461. The molecule has 1 aliphatic rings. The number of nitrogens with one attached hydrogen (secondary N) is 1. The van der Waals surface area contributed by atoms with Gasteiger partial charge in [-0.25, -0.2) is 0 Å². The number of hydrogen-bond donors (Lipinski definition) is 2. The van der Waals surface area contributed by atoms with E-state index in [2.05, 4.69) is 5.32 Å². The Kier molecular flexibility index (Phi) is 6.05. The highest BCUT2D eigenvalue weighted by molar-refractivity contribution is 5.97. The van der Waals surface area contributed by atoms with Gasteiger partial charge in [0.15, 0.2) is 0 Å². The number of para-hydroxylation sites is 1. The first-order valence-electron chi connectivity index (χ1n) is 7.89. The van der Waals surface area contributed by atoms with Crippen LogP contribution in [0.25, 0.3) is 0 Å². The van der Waals surface area contributed by atoms with Gasteiger partial charge >= 0.3 is 0 Å². The molecule has 4 nitrogen and oxygen atoms in total. The molecule has 0 bridgehead atoms. The number of benzene rings is 1. The van der Waals surface area contributed by atoms with Crippen LogP contribution in [-0.4, -0.2) is 30.3 Å². The van der Waals surface area contributed by atoms with E-state index in [0.29, 0.717) is 17.9 Å². The fourth-order valence-corrected chi connectivity index (χ4v) is 2.97. The molecular formula is C17H25NO3. The summed E-state index contributed by atoms with van der Waals surface area (Å²) in [5.74, 6) is 0.673. The second kappa shape index (κ2) is 8.03. The van der Waals surface area contributed by atoms with E-state index in [4.69, 9.17) is 4.74 Å². The lowest BCUT2D eigenvalue weighted by atomic mass is 9.95. The Hall–Kier alpha value is -1.55. The van der Waals surface area contributed by atoms with Crippen LogP contribution < -0.4 is 10.1 Å². The average molecular weight is 291 g/mol. The predicted octanol–water partition coefficient (Wildman–Crippen LogP) is 2.76. The minimum absolute atomic E-state index is 0.0553. The summed E-state index contributed by atoms with van der Waals surface area (Å²) >= 11 is 0. The number of carbonyl (C=O) groups is 1. The highest BCUT2D eigenvalue weighted by Crippen LogP contribution is 2.24. The van der Waals surface area contributed by atoms with Crippen LogP contribution in [-0.2, 0) is 0 Å². The molecule has 21 heavy (non-hydrogen) atoms. The zero-order valence-corrected chi connectivity index (χ0v) is 12.7. The first-order chi connectivity index (χ1) is 10.3. The van der Waals surface area contributed by atoms with E-state index in [1.54, 1.807) is 6.07 Å². The third-order valence-electron chi connectivity index (χ3n) is 4.14. The number of ether oxygens (including phenoxy) is 1. The average Bonchev–Trinajstić information content (AvgIpc) is 2.73. The molecule has 0 heterocycles. The third-order valence-corrected chi connectivity index (χ3v) is 4.14. The minimum atomic E-state index is -0.107. The van der Waals surface area contributed by atoms with E-state index < -0.39 is 0 Å². The molecule has 1 aromatic carbocycles. The number of amides is 1. The Morgan fingerprint density at radius 3 is 2.81 bits per heavy atom. The molecule has 0 saturated heterocycles. The lowest BCUT2D eigenvalue weighted by Crippen LogP contribution is -2.41. The monoisotopic (exact) mass is 291 g/mol. The number of aliphatic hydroxyl groups excluding tert-OH is 1. The molecule has 1 aliphatic carbocycles. The van der Waals surface area contributed by atoms with E-state index in [-0.39, 0.29) is 24.5 Å². The van der Waals surface area contributed by atoms with Gasteiger partial charge in [-0.2, -0.15) is 0 Å². The Morgan fingerprint density at radius 2 is 2.05 bits per heavy atom. The summed E-state index contributed by atoms with van der Waals surface area (Å²) in [5.41, 5.74) is 0.570. The van der Waals surface area contributed by atoms with Crippen molar-refractivity contribution < 1.29 is 14.6 Å². The molecule has 2 atom stereocenters. The highest BCUT2D eigenvalue weighted by Gasteiger charge is 2.25. The molecule has 2 rings (SSSR count). The maximum atomic E-state index is 12.5. The molecule has 2 N–H and O–H groups in total. The summed E-state index contributed by atoms with van der Waals surface area (Å²) in [5, 5.41) is 12.6. The Balaban J connectivity index is 2.09. The lowest BCUT2D eigenvalue weighted by Gasteiger charge is -2.25. The fraction of sp³-hybridized carbons (Fsp3) is 0.588.